The Bertz CT molecular complexity index is 124. The van der Waals surface area contributed by atoms with Crippen molar-refractivity contribution >= 4 is 46.4 Å². The Hall–Kier alpha value is 1.58. The van der Waals surface area contributed by atoms with Gasteiger partial charge in [0, 0.05) is 0 Å². The average Bonchev–Trinajstić information content (AvgIpc) is 1.87. The molecule has 0 saturated heterocycles. The molecule has 0 nitrogen and oxygen atoms in total. The first-order chi connectivity index (χ1) is 4.20. The molecule has 0 aliphatic carbocycles. The van der Waals surface area contributed by atoms with Gasteiger partial charge in [0.2, 0.25) is 0 Å². The number of hydrogen-bond acceptors (Lipinski definition) is 0. The van der Waals surface area contributed by atoms with Crippen LogP contribution in [0.1, 0.15) is 0 Å². The fourth-order valence-corrected chi connectivity index (χ4v) is 6.57. The Morgan fingerprint density at radius 1 is 1.00 bits per heavy atom. The summed E-state index contributed by atoms with van der Waals surface area (Å²) in [6, 6.07) is 0. The average molecular weight is 392 g/mol. The normalized spacial score (nSPS) is 13.3. The van der Waals surface area contributed by atoms with Gasteiger partial charge in [0.1, 0.15) is 0 Å². The summed E-state index contributed by atoms with van der Waals surface area (Å²) in [6.45, 7) is 0. The predicted molar refractivity (Wildman–Crippen MR) is 39.6 cm³/mol. The first-order valence-corrected chi connectivity index (χ1v) is 9.23. The molecule has 0 unspecified atom stereocenters. The summed E-state index contributed by atoms with van der Waals surface area (Å²) in [5.41, 5.74) is 2.71. The van der Waals surface area contributed by atoms with Crippen LogP contribution in [0, 0.1) is 0 Å². The van der Waals surface area contributed by atoms with Crippen LogP contribution in [0.3, 0.4) is 0 Å². The molecule has 0 aromatic carbocycles. The molecule has 0 saturated carbocycles. The van der Waals surface area contributed by atoms with Crippen LogP contribution in [0.25, 0.3) is 0 Å². The Morgan fingerprint density at radius 2 is 1.33 bits per heavy atom. The third-order valence-corrected chi connectivity index (χ3v) is 10.1. The molecule has 0 aliphatic heterocycles. The quantitative estimate of drug-likeness (QED) is 0.630. The second-order valence-electron chi connectivity index (χ2n) is 1.29. The molecule has 0 bridgehead atoms. The predicted octanol–water partition coefficient (Wildman–Crippen LogP) is 3.62. The third-order valence-electron chi connectivity index (χ3n) is 0.575. The first-order valence-electron chi connectivity index (χ1n) is 2.10. The molecule has 0 rings (SSSR count). The minimum atomic E-state index is -1.44. The van der Waals surface area contributed by atoms with Gasteiger partial charge in [-0.1, -0.05) is 0 Å². The first kappa shape index (κ1) is 10.6. The summed E-state index contributed by atoms with van der Waals surface area (Å²) >= 11 is 20.3. The summed E-state index contributed by atoms with van der Waals surface area (Å²) in [6.07, 6.45) is 0. The summed E-state index contributed by atoms with van der Waals surface area (Å²) < 4.78 is 1.39. The zero-order valence-corrected chi connectivity index (χ0v) is 12.9. The monoisotopic (exact) mass is 392 g/mol. The van der Waals surface area contributed by atoms with Gasteiger partial charge in [0.05, 0.1) is 0 Å². The van der Waals surface area contributed by atoms with Crippen molar-refractivity contribution in [3.63, 3.8) is 0 Å². The molecular weight excluding hydrogens is 390 g/mol. The van der Waals surface area contributed by atoms with E-state index in [-0.39, 0.29) is 0 Å². The maximum atomic E-state index is 5.58. The van der Waals surface area contributed by atoms with Crippen molar-refractivity contribution < 1.29 is 24.6 Å². The molecule has 0 radical (unpaired) electrons. The fraction of sp³-hybridized carbons (Fsp3) is 0. The van der Waals surface area contributed by atoms with E-state index >= 15 is 0 Å². The van der Waals surface area contributed by atoms with E-state index in [0.717, 1.165) is 0 Å². The molecule has 48 valence electrons. The molecule has 0 amide bonds. The van der Waals surface area contributed by atoms with E-state index < -0.39 is 24.6 Å². The van der Waals surface area contributed by atoms with Gasteiger partial charge >= 0.3 is 87.1 Å². The standard InChI is InChI=1S/2C2HCl2.Hg/c2*3-1-2-4;/h2*1H;. The van der Waals surface area contributed by atoms with Gasteiger partial charge in [0.15, 0.2) is 0 Å². The van der Waals surface area contributed by atoms with E-state index in [1.165, 1.54) is 11.1 Å². The number of halogens is 4. The van der Waals surface area contributed by atoms with Crippen molar-refractivity contribution in [3.8, 4) is 0 Å². The van der Waals surface area contributed by atoms with Gasteiger partial charge < -0.3 is 0 Å². The van der Waals surface area contributed by atoms with Gasteiger partial charge in [-0.25, -0.2) is 0 Å². The molecule has 0 aromatic rings. The van der Waals surface area contributed by atoms with Gasteiger partial charge in [0.25, 0.3) is 0 Å². The van der Waals surface area contributed by atoms with Crippen molar-refractivity contribution in [2.45, 2.75) is 0 Å². The fourth-order valence-electron chi connectivity index (χ4n) is 0.238. The van der Waals surface area contributed by atoms with Crippen LogP contribution < -0.4 is 0 Å². The Balaban J connectivity index is 3.75. The third kappa shape index (κ3) is 5.99. The van der Waals surface area contributed by atoms with E-state index in [2.05, 4.69) is 0 Å². The Morgan fingerprint density at radius 3 is 1.56 bits per heavy atom. The molecular formula is C4H2Cl4Hg. The molecule has 5 heteroatoms. The number of rotatable bonds is 2. The van der Waals surface area contributed by atoms with E-state index in [1.807, 2.05) is 0 Å². The summed E-state index contributed by atoms with van der Waals surface area (Å²) in [4.78, 5) is 0. The van der Waals surface area contributed by atoms with Crippen molar-refractivity contribution in [3.05, 3.63) is 16.2 Å². The van der Waals surface area contributed by atoms with Crippen molar-refractivity contribution in [2.24, 2.45) is 0 Å². The molecule has 0 fully saturated rings. The van der Waals surface area contributed by atoms with Crippen molar-refractivity contribution in [1.29, 1.82) is 0 Å². The van der Waals surface area contributed by atoms with Crippen molar-refractivity contribution in [1.82, 2.24) is 0 Å². The topological polar surface area (TPSA) is 0 Å². The van der Waals surface area contributed by atoms with Crippen LogP contribution in [-0.4, -0.2) is 0 Å². The molecule has 0 N–H and O–H groups in total. The summed E-state index contributed by atoms with van der Waals surface area (Å²) in [5.74, 6) is 0. The van der Waals surface area contributed by atoms with Gasteiger partial charge in [-0.05, 0) is 0 Å². The van der Waals surface area contributed by atoms with Crippen LogP contribution in [0.2, 0.25) is 0 Å². The Labute approximate surface area is 86.2 Å². The van der Waals surface area contributed by atoms with E-state index in [1.54, 1.807) is 0 Å². The van der Waals surface area contributed by atoms with E-state index in [0.29, 0.717) is 5.08 Å². The van der Waals surface area contributed by atoms with Crippen LogP contribution in [0.5, 0.6) is 0 Å². The SMILES string of the molecule is Cl/C=[C](/Cl)[Hg]/[C](Cl)=C\Cl. The van der Waals surface area contributed by atoms with Gasteiger partial charge in [-0.15, -0.1) is 0 Å². The van der Waals surface area contributed by atoms with Crippen LogP contribution in [0.4, 0.5) is 0 Å². The van der Waals surface area contributed by atoms with E-state index in [4.69, 9.17) is 46.4 Å². The zero-order valence-electron chi connectivity index (χ0n) is 4.37. The van der Waals surface area contributed by atoms with E-state index in [9.17, 15) is 0 Å². The van der Waals surface area contributed by atoms with Crippen LogP contribution >= 0.6 is 46.4 Å². The summed E-state index contributed by atoms with van der Waals surface area (Å²) in [7, 11) is 0. The van der Waals surface area contributed by atoms with Crippen LogP contribution in [-0.2, 0) is 24.6 Å². The van der Waals surface area contributed by atoms with Gasteiger partial charge in [-0.3, -0.25) is 0 Å². The minimum absolute atomic E-state index is 0.693. The second-order valence-corrected chi connectivity index (χ2v) is 13.5. The molecule has 0 heterocycles. The maximum absolute atomic E-state index is 5.58. The molecule has 0 aliphatic rings. The molecule has 9 heavy (non-hydrogen) atoms. The zero-order chi connectivity index (χ0) is 7.28. The molecule has 0 atom stereocenters. The van der Waals surface area contributed by atoms with Crippen LogP contribution in [0.15, 0.2) is 16.2 Å². The second kappa shape index (κ2) is 6.30. The van der Waals surface area contributed by atoms with Gasteiger partial charge in [-0.2, -0.15) is 0 Å². The Kier molecular flexibility index (Phi) is 7.40. The molecule has 0 spiro atoms. The number of hydrogen-bond donors (Lipinski definition) is 0. The molecule has 0 aromatic heterocycles. The van der Waals surface area contributed by atoms with Crippen molar-refractivity contribution in [2.75, 3.05) is 0 Å². The summed E-state index contributed by atoms with van der Waals surface area (Å²) in [5, 5.41) is 0.